The summed E-state index contributed by atoms with van der Waals surface area (Å²) < 4.78 is 2.65. The fraction of sp³-hybridized carbons (Fsp3) is 0.200. The number of nitrogens with one attached hydrogen (secondary N) is 1. The van der Waals surface area contributed by atoms with Crippen LogP contribution in [0.2, 0.25) is 10.0 Å². The first-order chi connectivity index (χ1) is 9.70. The van der Waals surface area contributed by atoms with Gasteiger partial charge in [0.1, 0.15) is 0 Å². The molecule has 1 atom stereocenters. The number of hydrogen-bond acceptors (Lipinski definition) is 3. The van der Waals surface area contributed by atoms with Crippen molar-refractivity contribution >= 4 is 55.3 Å². The lowest BCUT2D eigenvalue weighted by Crippen LogP contribution is -2.21. The Labute approximate surface area is 136 Å². The monoisotopic (exact) mass is 341 g/mol. The predicted octanol–water partition coefficient (Wildman–Crippen LogP) is 5.97. The molecule has 0 aliphatic rings. The van der Waals surface area contributed by atoms with Crippen LogP contribution in [-0.4, -0.2) is 6.54 Å². The van der Waals surface area contributed by atoms with E-state index in [4.69, 9.17) is 23.2 Å². The summed E-state index contributed by atoms with van der Waals surface area (Å²) in [5.74, 6) is 0. The number of hydrogen-bond donors (Lipinski definition) is 1. The lowest BCUT2D eigenvalue weighted by molar-refractivity contribution is 0.640. The van der Waals surface area contributed by atoms with E-state index in [0.29, 0.717) is 10.0 Å². The summed E-state index contributed by atoms with van der Waals surface area (Å²) in [7, 11) is 0. The molecule has 5 heteroatoms. The molecule has 1 nitrogen and oxygen atoms in total. The fourth-order valence-electron chi connectivity index (χ4n) is 2.24. The molecular formula is C15H13Cl2NS2. The smallest absolute Gasteiger partial charge is 0.0686 e. The van der Waals surface area contributed by atoms with Gasteiger partial charge in [-0.2, -0.15) is 0 Å². The minimum absolute atomic E-state index is 0.0933. The summed E-state index contributed by atoms with van der Waals surface area (Å²) in [6, 6.07) is 10.3. The molecule has 0 amide bonds. The third-order valence-corrected chi connectivity index (χ3v) is 6.14. The first-order valence-corrected chi connectivity index (χ1v) is 8.80. The van der Waals surface area contributed by atoms with Crippen molar-refractivity contribution in [2.24, 2.45) is 0 Å². The molecule has 104 valence electrons. The molecule has 0 saturated heterocycles. The maximum Gasteiger partial charge on any atom is 0.0686 e. The molecule has 1 N–H and O–H groups in total. The molecule has 1 unspecified atom stereocenters. The van der Waals surface area contributed by atoms with Gasteiger partial charge in [-0.15, -0.1) is 22.7 Å². The van der Waals surface area contributed by atoms with Crippen LogP contribution in [0.3, 0.4) is 0 Å². The summed E-state index contributed by atoms with van der Waals surface area (Å²) in [6.07, 6.45) is 0. The third kappa shape index (κ3) is 2.61. The van der Waals surface area contributed by atoms with Gasteiger partial charge in [0.15, 0.2) is 0 Å². The van der Waals surface area contributed by atoms with Gasteiger partial charge in [0, 0.05) is 14.3 Å². The number of halogens is 2. The number of rotatable bonds is 4. The molecule has 0 radical (unpaired) electrons. The first kappa shape index (κ1) is 14.4. The Morgan fingerprint density at radius 1 is 1.20 bits per heavy atom. The molecule has 0 aliphatic carbocycles. The highest BCUT2D eigenvalue weighted by atomic mass is 35.5. The van der Waals surface area contributed by atoms with Crippen molar-refractivity contribution in [1.29, 1.82) is 0 Å². The second-order valence-electron chi connectivity index (χ2n) is 4.43. The van der Waals surface area contributed by atoms with Crippen molar-refractivity contribution < 1.29 is 0 Å². The molecule has 0 aliphatic heterocycles. The Hall–Kier alpha value is -0.580. The minimum atomic E-state index is 0.0933. The quantitative estimate of drug-likeness (QED) is 0.616. The molecule has 0 saturated carbocycles. The van der Waals surface area contributed by atoms with E-state index in [9.17, 15) is 0 Å². The summed E-state index contributed by atoms with van der Waals surface area (Å²) >= 11 is 16.1. The molecule has 0 bridgehead atoms. The van der Waals surface area contributed by atoms with E-state index in [0.717, 1.165) is 12.1 Å². The highest BCUT2D eigenvalue weighted by Crippen LogP contribution is 2.39. The average molecular weight is 342 g/mol. The standard InChI is InChI=1S/C15H13Cl2NS2/c1-2-18-15(9-4-3-5-10(16)14(9)17)13-8-12-11(20-13)6-7-19-12/h3-8,15,18H,2H2,1H3. The van der Waals surface area contributed by atoms with Crippen LogP contribution in [-0.2, 0) is 0 Å². The topological polar surface area (TPSA) is 12.0 Å². The normalized spacial score (nSPS) is 12.9. The van der Waals surface area contributed by atoms with Crippen molar-refractivity contribution in [2.45, 2.75) is 13.0 Å². The lowest BCUT2D eigenvalue weighted by atomic mass is 10.1. The van der Waals surface area contributed by atoms with Crippen LogP contribution in [0.4, 0.5) is 0 Å². The maximum atomic E-state index is 6.38. The number of thiophene rings is 2. The van der Waals surface area contributed by atoms with Gasteiger partial charge in [0.05, 0.1) is 16.1 Å². The molecule has 3 rings (SSSR count). The van der Waals surface area contributed by atoms with Gasteiger partial charge in [0.25, 0.3) is 0 Å². The van der Waals surface area contributed by atoms with Crippen molar-refractivity contribution in [1.82, 2.24) is 5.32 Å². The van der Waals surface area contributed by atoms with E-state index in [1.165, 1.54) is 14.3 Å². The van der Waals surface area contributed by atoms with Crippen molar-refractivity contribution in [3.63, 3.8) is 0 Å². The van der Waals surface area contributed by atoms with E-state index in [1.54, 1.807) is 11.3 Å². The lowest BCUT2D eigenvalue weighted by Gasteiger charge is -2.18. The Morgan fingerprint density at radius 3 is 2.80 bits per heavy atom. The summed E-state index contributed by atoms with van der Waals surface area (Å²) in [5, 5.41) is 6.87. The predicted molar refractivity (Wildman–Crippen MR) is 91.7 cm³/mol. The van der Waals surface area contributed by atoms with Gasteiger partial charge in [0.2, 0.25) is 0 Å². The average Bonchev–Trinajstić information content (AvgIpc) is 3.00. The van der Waals surface area contributed by atoms with Gasteiger partial charge in [-0.05, 0) is 35.7 Å². The van der Waals surface area contributed by atoms with Crippen LogP contribution in [0.5, 0.6) is 0 Å². The van der Waals surface area contributed by atoms with Crippen LogP contribution < -0.4 is 5.32 Å². The van der Waals surface area contributed by atoms with E-state index in [2.05, 4.69) is 29.8 Å². The third-order valence-electron chi connectivity index (χ3n) is 3.14. The number of fused-ring (bicyclic) bond motifs is 1. The van der Waals surface area contributed by atoms with Gasteiger partial charge in [-0.3, -0.25) is 0 Å². The molecule has 2 aromatic heterocycles. The molecule has 1 aromatic carbocycles. The zero-order valence-corrected chi connectivity index (χ0v) is 14.0. The molecule has 20 heavy (non-hydrogen) atoms. The van der Waals surface area contributed by atoms with Gasteiger partial charge in [-0.1, -0.05) is 42.3 Å². The van der Waals surface area contributed by atoms with Crippen LogP contribution in [0, 0.1) is 0 Å². The Kier molecular flexibility index (Phi) is 4.34. The van der Waals surface area contributed by atoms with E-state index < -0.39 is 0 Å². The molecule has 3 aromatic rings. The van der Waals surface area contributed by atoms with E-state index in [1.807, 2.05) is 29.5 Å². The molecular weight excluding hydrogens is 329 g/mol. The van der Waals surface area contributed by atoms with Crippen LogP contribution >= 0.6 is 45.9 Å². The van der Waals surface area contributed by atoms with E-state index in [-0.39, 0.29) is 6.04 Å². The summed E-state index contributed by atoms with van der Waals surface area (Å²) in [6.45, 7) is 2.97. The Balaban J connectivity index is 2.08. The largest absolute Gasteiger partial charge is 0.306 e. The second kappa shape index (κ2) is 6.04. The highest BCUT2D eigenvalue weighted by molar-refractivity contribution is 7.27. The SMILES string of the molecule is CCNC(c1cc2sccc2s1)c1cccc(Cl)c1Cl. The van der Waals surface area contributed by atoms with Crippen molar-refractivity contribution in [3.8, 4) is 0 Å². The van der Waals surface area contributed by atoms with Gasteiger partial charge in [-0.25, -0.2) is 0 Å². The summed E-state index contributed by atoms with van der Waals surface area (Å²) in [5.41, 5.74) is 1.04. The molecule has 0 fully saturated rings. The van der Waals surface area contributed by atoms with Crippen molar-refractivity contribution in [3.05, 3.63) is 56.2 Å². The van der Waals surface area contributed by atoms with Crippen LogP contribution in [0.15, 0.2) is 35.7 Å². The van der Waals surface area contributed by atoms with E-state index >= 15 is 0 Å². The Morgan fingerprint density at radius 2 is 2.05 bits per heavy atom. The first-order valence-electron chi connectivity index (χ1n) is 6.35. The zero-order chi connectivity index (χ0) is 14.1. The van der Waals surface area contributed by atoms with Crippen LogP contribution in [0.25, 0.3) is 9.40 Å². The zero-order valence-electron chi connectivity index (χ0n) is 10.8. The molecule has 2 heterocycles. The number of benzene rings is 1. The van der Waals surface area contributed by atoms with Crippen LogP contribution in [0.1, 0.15) is 23.4 Å². The molecule has 0 spiro atoms. The minimum Gasteiger partial charge on any atom is -0.306 e. The fourth-order valence-corrected chi connectivity index (χ4v) is 4.87. The summed E-state index contributed by atoms with van der Waals surface area (Å²) in [4.78, 5) is 1.28. The van der Waals surface area contributed by atoms with Gasteiger partial charge >= 0.3 is 0 Å². The van der Waals surface area contributed by atoms with Crippen molar-refractivity contribution in [2.75, 3.05) is 6.54 Å². The highest BCUT2D eigenvalue weighted by Gasteiger charge is 2.20. The second-order valence-corrected chi connectivity index (χ2v) is 7.28. The Bertz CT molecular complexity index is 704. The van der Waals surface area contributed by atoms with Gasteiger partial charge < -0.3 is 5.32 Å². The maximum absolute atomic E-state index is 6.38.